The van der Waals surface area contributed by atoms with Gasteiger partial charge in [0.05, 0.1) is 0 Å². The van der Waals surface area contributed by atoms with Crippen molar-refractivity contribution in [2.75, 3.05) is 17.6 Å². The number of hydrogen-bond acceptors (Lipinski definition) is 6. The maximum Gasteiger partial charge on any atom is 0.147 e. The Kier molecular flexibility index (Phi) is 4.04. The first-order chi connectivity index (χ1) is 11.1. The highest BCUT2D eigenvalue weighted by molar-refractivity contribution is 5.82. The van der Waals surface area contributed by atoms with E-state index in [1.807, 2.05) is 6.07 Å². The Hall–Kier alpha value is -2.78. The zero-order chi connectivity index (χ0) is 16.4. The molecule has 1 aromatic heterocycles. The standard InChI is InChI=1S/C17H19N5O/c18-7-13-15(11-2-1-3-12(23)6-11)14(8-19)17(22-16(13)20)21-9-10-4-5-10/h1-3,6,10,23H,4-5,7,9,18H2,(H3,20,21,22). The van der Waals surface area contributed by atoms with Gasteiger partial charge >= 0.3 is 0 Å². The third kappa shape index (κ3) is 3.05. The van der Waals surface area contributed by atoms with Gasteiger partial charge in [0.15, 0.2) is 0 Å². The van der Waals surface area contributed by atoms with E-state index < -0.39 is 0 Å². The average molecular weight is 309 g/mol. The topological polar surface area (TPSA) is 121 Å². The number of nitriles is 1. The summed E-state index contributed by atoms with van der Waals surface area (Å²) in [7, 11) is 0. The third-order valence-electron chi connectivity index (χ3n) is 4.04. The van der Waals surface area contributed by atoms with E-state index in [1.54, 1.807) is 18.2 Å². The van der Waals surface area contributed by atoms with Crippen molar-refractivity contribution in [3.05, 3.63) is 35.4 Å². The molecule has 0 bridgehead atoms. The molecule has 0 saturated heterocycles. The fourth-order valence-electron chi connectivity index (χ4n) is 2.63. The Balaban J connectivity index is 2.15. The molecule has 6 N–H and O–H groups in total. The number of aromatic hydroxyl groups is 1. The molecule has 0 aliphatic heterocycles. The number of phenols is 1. The number of nitrogens with zero attached hydrogens (tertiary/aromatic N) is 2. The molecule has 3 rings (SSSR count). The zero-order valence-electron chi connectivity index (χ0n) is 12.7. The summed E-state index contributed by atoms with van der Waals surface area (Å²) in [6, 6.07) is 8.93. The normalized spacial score (nSPS) is 13.6. The van der Waals surface area contributed by atoms with E-state index in [2.05, 4.69) is 16.4 Å². The molecule has 6 nitrogen and oxygen atoms in total. The molecule has 0 radical (unpaired) electrons. The molecule has 0 unspecified atom stereocenters. The lowest BCUT2D eigenvalue weighted by Crippen LogP contribution is -2.13. The Morgan fingerprint density at radius 3 is 2.78 bits per heavy atom. The number of benzene rings is 1. The molecule has 0 amide bonds. The summed E-state index contributed by atoms with van der Waals surface area (Å²) in [6.07, 6.45) is 2.40. The van der Waals surface area contributed by atoms with Gasteiger partial charge in [0.25, 0.3) is 0 Å². The number of nitrogens with one attached hydrogen (secondary N) is 1. The lowest BCUT2D eigenvalue weighted by Gasteiger charge is -2.17. The lowest BCUT2D eigenvalue weighted by molar-refractivity contribution is 0.475. The number of pyridine rings is 1. The van der Waals surface area contributed by atoms with Crippen LogP contribution in [0.1, 0.15) is 24.0 Å². The first kappa shape index (κ1) is 15.1. The highest BCUT2D eigenvalue weighted by Gasteiger charge is 2.23. The van der Waals surface area contributed by atoms with Gasteiger partial charge in [-0.05, 0) is 36.5 Å². The summed E-state index contributed by atoms with van der Waals surface area (Å²) in [4.78, 5) is 4.32. The number of rotatable bonds is 5. The van der Waals surface area contributed by atoms with Crippen molar-refractivity contribution in [1.82, 2.24) is 4.98 Å². The zero-order valence-corrected chi connectivity index (χ0v) is 12.7. The fraction of sp³-hybridized carbons (Fsp3) is 0.294. The minimum Gasteiger partial charge on any atom is -0.508 e. The number of aromatic nitrogens is 1. The van der Waals surface area contributed by atoms with Crippen molar-refractivity contribution >= 4 is 11.6 Å². The minimum atomic E-state index is 0.122. The van der Waals surface area contributed by atoms with Crippen LogP contribution in [0.4, 0.5) is 11.6 Å². The highest BCUT2D eigenvalue weighted by Crippen LogP contribution is 2.36. The van der Waals surface area contributed by atoms with Crippen LogP contribution in [0.5, 0.6) is 5.75 Å². The predicted molar refractivity (Wildman–Crippen MR) is 89.6 cm³/mol. The molecule has 1 saturated carbocycles. The van der Waals surface area contributed by atoms with Gasteiger partial charge < -0.3 is 21.9 Å². The molecule has 1 heterocycles. The fourth-order valence-corrected chi connectivity index (χ4v) is 2.63. The van der Waals surface area contributed by atoms with E-state index in [0.717, 1.165) is 6.54 Å². The molecule has 118 valence electrons. The van der Waals surface area contributed by atoms with Gasteiger partial charge in [0.2, 0.25) is 0 Å². The van der Waals surface area contributed by atoms with E-state index in [1.165, 1.54) is 12.8 Å². The van der Waals surface area contributed by atoms with Crippen LogP contribution in [-0.4, -0.2) is 16.6 Å². The molecule has 0 spiro atoms. The summed E-state index contributed by atoms with van der Waals surface area (Å²) < 4.78 is 0. The summed E-state index contributed by atoms with van der Waals surface area (Å²) >= 11 is 0. The van der Waals surface area contributed by atoms with Gasteiger partial charge in [-0.1, -0.05) is 12.1 Å². The van der Waals surface area contributed by atoms with Crippen LogP contribution in [0.2, 0.25) is 0 Å². The average Bonchev–Trinajstić information content (AvgIpc) is 3.36. The number of nitrogens with two attached hydrogens (primary N) is 2. The molecule has 6 heteroatoms. The second-order valence-electron chi connectivity index (χ2n) is 5.76. The molecule has 0 atom stereocenters. The van der Waals surface area contributed by atoms with Crippen molar-refractivity contribution < 1.29 is 5.11 Å². The second-order valence-corrected chi connectivity index (χ2v) is 5.76. The maximum atomic E-state index is 9.75. The molecule has 1 aromatic carbocycles. The number of nitrogen functional groups attached to an aromatic ring is 1. The molecule has 1 fully saturated rings. The van der Waals surface area contributed by atoms with Gasteiger partial charge in [-0.15, -0.1) is 0 Å². The van der Waals surface area contributed by atoms with Crippen LogP contribution >= 0.6 is 0 Å². The molecule has 1 aliphatic carbocycles. The third-order valence-corrected chi connectivity index (χ3v) is 4.04. The van der Waals surface area contributed by atoms with Gasteiger partial charge in [-0.3, -0.25) is 0 Å². The first-order valence-electron chi connectivity index (χ1n) is 7.59. The molecular formula is C17H19N5O. The van der Waals surface area contributed by atoms with Crippen molar-refractivity contribution in [2.45, 2.75) is 19.4 Å². The Morgan fingerprint density at radius 2 is 2.17 bits per heavy atom. The second kappa shape index (κ2) is 6.15. The van der Waals surface area contributed by atoms with Crippen LogP contribution < -0.4 is 16.8 Å². The SMILES string of the molecule is N#Cc1c(NCC2CC2)nc(N)c(CN)c1-c1cccc(O)c1. The van der Waals surface area contributed by atoms with E-state index in [4.69, 9.17) is 11.5 Å². The summed E-state index contributed by atoms with van der Waals surface area (Å²) in [5.41, 5.74) is 14.2. The first-order valence-corrected chi connectivity index (χ1v) is 7.59. The lowest BCUT2D eigenvalue weighted by atomic mass is 9.95. The summed E-state index contributed by atoms with van der Waals surface area (Å²) in [5.74, 6) is 1.55. The van der Waals surface area contributed by atoms with E-state index in [0.29, 0.717) is 39.8 Å². The number of phenolic OH excluding ortho intramolecular Hbond substituents is 1. The van der Waals surface area contributed by atoms with Gasteiger partial charge in [-0.2, -0.15) is 5.26 Å². The van der Waals surface area contributed by atoms with Crippen molar-refractivity contribution in [1.29, 1.82) is 5.26 Å². The quantitative estimate of drug-likeness (QED) is 0.671. The smallest absolute Gasteiger partial charge is 0.147 e. The number of anilines is 2. The van der Waals surface area contributed by atoms with Crippen LogP contribution in [0.15, 0.2) is 24.3 Å². The predicted octanol–water partition coefficient (Wildman–Crippen LogP) is 2.19. The number of hydrogen-bond donors (Lipinski definition) is 4. The largest absolute Gasteiger partial charge is 0.508 e. The van der Waals surface area contributed by atoms with E-state index in [-0.39, 0.29) is 12.3 Å². The van der Waals surface area contributed by atoms with Crippen molar-refractivity contribution in [2.24, 2.45) is 11.7 Å². The molecular weight excluding hydrogens is 290 g/mol. The van der Waals surface area contributed by atoms with Gasteiger partial charge in [-0.25, -0.2) is 4.98 Å². The highest BCUT2D eigenvalue weighted by atomic mass is 16.3. The van der Waals surface area contributed by atoms with Crippen LogP contribution in [0.25, 0.3) is 11.1 Å². The van der Waals surface area contributed by atoms with Crippen molar-refractivity contribution in [3.63, 3.8) is 0 Å². The molecule has 1 aliphatic rings. The van der Waals surface area contributed by atoms with Gasteiger partial charge in [0.1, 0.15) is 29.0 Å². The summed E-state index contributed by atoms with van der Waals surface area (Å²) in [6.45, 7) is 0.948. The monoisotopic (exact) mass is 309 g/mol. The van der Waals surface area contributed by atoms with E-state index >= 15 is 0 Å². The van der Waals surface area contributed by atoms with Crippen LogP contribution in [0, 0.1) is 17.2 Å². The van der Waals surface area contributed by atoms with Crippen LogP contribution in [0.3, 0.4) is 0 Å². The Bertz CT molecular complexity index is 777. The minimum absolute atomic E-state index is 0.122. The van der Waals surface area contributed by atoms with Crippen LogP contribution in [-0.2, 0) is 6.54 Å². The summed E-state index contributed by atoms with van der Waals surface area (Å²) in [5, 5.41) is 22.6. The van der Waals surface area contributed by atoms with Gasteiger partial charge in [0, 0.05) is 24.2 Å². The van der Waals surface area contributed by atoms with Crippen molar-refractivity contribution in [3.8, 4) is 22.9 Å². The Morgan fingerprint density at radius 1 is 1.39 bits per heavy atom. The molecule has 2 aromatic rings. The van der Waals surface area contributed by atoms with E-state index in [9.17, 15) is 10.4 Å². The Labute approximate surface area is 134 Å². The molecule has 23 heavy (non-hydrogen) atoms. The maximum absolute atomic E-state index is 9.75.